The molecule has 0 unspecified atom stereocenters. The molecule has 0 bridgehead atoms. The number of nitrogens with zero attached hydrogens (tertiary/aromatic N) is 2. The molecule has 0 aliphatic rings. The van der Waals surface area contributed by atoms with Gasteiger partial charge in [0.2, 0.25) is 5.91 Å². The van der Waals surface area contributed by atoms with Crippen LogP contribution in [-0.4, -0.2) is 15.0 Å². The molecule has 0 saturated carbocycles. The molecule has 0 saturated heterocycles. The van der Waals surface area contributed by atoms with Crippen molar-refractivity contribution in [3.05, 3.63) is 52.7 Å². The molecule has 5 heteroatoms. The number of aryl methyl sites for hydroxylation is 2. The van der Waals surface area contributed by atoms with E-state index < -0.39 is 0 Å². The molecule has 1 aromatic carbocycles. The highest BCUT2D eigenvalue weighted by Crippen LogP contribution is 2.09. The molecule has 1 amide bonds. The lowest BCUT2D eigenvalue weighted by molar-refractivity contribution is -0.116. The molecule has 20 heavy (non-hydrogen) atoms. The maximum Gasteiger partial charge on any atom is 0.328 e. The van der Waals surface area contributed by atoms with Gasteiger partial charge in [0, 0.05) is 24.6 Å². The largest absolute Gasteiger partial charge is 0.328 e. The van der Waals surface area contributed by atoms with Gasteiger partial charge < -0.3 is 5.32 Å². The van der Waals surface area contributed by atoms with Crippen LogP contribution < -0.4 is 11.0 Å². The lowest BCUT2D eigenvalue weighted by atomic mass is 10.2. The van der Waals surface area contributed by atoms with E-state index >= 15 is 0 Å². The smallest absolute Gasteiger partial charge is 0.325 e. The minimum Gasteiger partial charge on any atom is -0.325 e. The zero-order valence-corrected chi connectivity index (χ0v) is 11.8. The van der Waals surface area contributed by atoms with Gasteiger partial charge in [0.1, 0.15) is 6.54 Å². The normalized spacial score (nSPS) is 10.5. The average molecular weight is 273 g/mol. The van der Waals surface area contributed by atoms with Crippen LogP contribution in [-0.2, 0) is 17.9 Å². The maximum absolute atomic E-state index is 11.9. The van der Waals surface area contributed by atoms with Crippen LogP contribution in [0, 0.1) is 6.92 Å². The van der Waals surface area contributed by atoms with Crippen molar-refractivity contribution in [3.63, 3.8) is 0 Å². The van der Waals surface area contributed by atoms with Gasteiger partial charge >= 0.3 is 5.69 Å². The third-order valence-electron chi connectivity index (χ3n) is 3.00. The number of benzene rings is 1. The van der Waals surface area contributed by atoms with Crippen molar-refractivity contribution >= 4 is 11.6 Å². The predicted octanol–water partition coefficient (Wildman–Crippen LogP) is 2.01. The third-order valence-corrected chi connectivity index (χ3v) is 3.00. The van der Waals surface area contributed by atoms with Gasteiger partial charge in [-0.3, -0.25) is 13.9 Å². The van der Waals surface area contributed by atoms with Gasteiger partial charge in [-0.05, 0) is 31.0 Å². The third kappa shape index (κ3) is 3.38. The summed E-state index contributed by atoms with van der Waals surface area (Å²) < 4.78 is 3.03. The Balaban J connectivity index is 2.03. The average Bonchev–Trinajstić information content (AvgIpc) is 2.72. The van der Waals surface area contributed by atoms with Gasteiger partial charge in [-0.2, -0.15) is 0 Å². The molecule has 2 aromatic rings. The summed E-state index contributed by atoms with van der Waals surface area (Å²) in [6.45, 7) is 4.67. The standard InChI is InChI=1S/C15H19N3O2/c1-3-7-17-8-9-18(15(17)20)11-14(19)16-13-6-4-5-12(2)10-13/h4-6,8-10H,3,7,11H2,1-2H3,(H,16,19). The lowest BCUT2D eigenvalue weighted by Crippen LogP contribution is -2.29. The monoisotopic (exact) mass is 273 g/mol. The summed E-state index contributed by atoms with van der Waals surface area (Å²) in [5.74, 6) is -0.202. The Kier molecular flexibility index (Phi) is 4.40. The molecule has 0 radical (unpaired) electrons. The molecule has 2 rings (SSSR count). The molecule has 1 N–H and O–H groups in total. The van der Waals surface area contributed by atoms with E-state index in [1.165, 1.54) is 4.57 Å². The molecule has 0 spiro atoms. The second kappa shape index (κ2) is 6.23. The van der Waals surface area contributed by atoms with Gasteiger partial charge in [-0.1, -0.05) is 19.1 Å². The minimum absolute atomic E-state index is 0.0312. The fraction of sp³-hybridized carbons (Fsp3) is 0.333. The summed E-state index contributed by atoms with van der Waals surface area (Å²) in [4.78, 5) is 23.9. The zero-order chi connectivity index (χ0) is 14.5. The summed E-state index contributed by atoms with van der Waals surface area (Å²) >= 11 is 0. The first-order valence-corrected chi connectivity index (χ1v) is 6.72. The highest BCUT2D eigenvalue weighted by molar-refractivity contribution is 5.90. The fourth-order valence-electron chi connectivity index (χ4n) is 2.06. The Bertz CT molecular complexity index is 655. The van der Waals surface area contributed by atoms with Crippen molar-refractivity contribution in [1.82, 2.24) is 9.13 Å². The zero-order valence-electron chi connectivity index (χ0n) is 11.8. The molecular formula is C15H19N3O2. The molecular weight excluding hydrogens is 254 g/mol. The summed E-state index contributed by atoms with van der Waals surface area (Å²) in [6, 6.07) is 7.57. The highest BCUT2D eigenvalue weighted by Gasteiger charge is 2.08. The second-order valence-electron chi connectivity index (χ2n) is 4.82. The van der Waals surface area contributed by atoms with Crippen molar-refractivity contribution in [2.75, 3.05) is 5.32 Å². The number of hydrogen-bond donors (Lipinski definition) is 1. The Morgan fingerprint density at radius 3 is 2.70 bits per heavy atom. The van der Waals surface area contributed by atoms with E-state index in [1.54, 1.807) is 17.0 Å². The van der Waals surface area contributed by atoms with Crippen LogP contribution in [0.3, 0.4) is 0 Å². The number of carbonyl (C=O) groups excluding carboxylic acids is 1. The lowest BCUT2D eigenvalue weighted by Gasteiger charge is -2.06. The predicted molar refractivity (Wildman–Crippen MR) is 78.8 cm³/mol. The molecule has 0 aliphatic carbocycles. The molecule has 0 fully saturated rings. The number of imidazole rings is 1. The first-order chi connectivity index (χ1) is 9.60. The number of hydrogen-bond acceptors (Lipinski definition) is 2. The van der Waals surface area contributed by atoms with Gasteiger partial charge in [0.05, 0.1) is 0 Å². The summed E-state index contributed by atoms with van der Waals surface area (Å²) in [6.07, 6.45) is 4.25. The minimum atomic E-state index is -0.202. The Morgan fingerprint density at radius 1 is 1.25 bits per heavy atom. The van der Waals surface area contributed by atoms with Crippen LogP contribution in [0.25, 0.3) is 0 Å². The second-order valence-corrected chi connectivity index (χ2v) is 4.82. The van der Waals surface area contributed by atoms with Crippen LogP contribution >= 0.6 is 0 Å². The molecule has 1 aromatic heterocycles. The Hall–Kier alpha value is -2.30. The topological polar surface area (TPSA) is 56.0 Å². The van der Waals surface area contributed by atoms with Gasteiger partial charge in [-0.25, -0.2) is 4.79 Å². The number of carbonyl (C=O) groups is 1. The van der Waals surface area contributed by atoms with E-state index in [1.807, 2.05) is 38.1 Å². The van der Waals surface area contributed by atoms with Crippen LogP contribution in [0.1, 0.15) is 18.9 Å². The number of nitrogens with one attached hydrogen (secondary N) is 1. The van der Waals surface area contributed by atoms with Gasteiger partial charge in [-0.15, -0.1) is 0 Å². The first-order valence-electron chi connectivity index (χ1n) is 6.72. The molecule has 106 valence electrons. The van der Waals surface area contributed by atoms with Crippen molar-refractivity contribution in [2.45, 2.75) is 33.4 Å². The summed E-state index contributed by atoms with van der Waals surface area (Å²) in [7, 11) is 0. The van der Waals surface area contributed by atoms with Gasteiger partial charge in [0.25, 0.3) is 0 Å². The van der Waals surface area contributed by atoms with E-state index in [0.29, 0.717) is 6.54 Å². The number of aromatic nitrogens is 2. The fourth-order valence-corrected chi connectivity index (χ4v) is 2.06. The summed E-state index contributed by atoms with van der Waals surface area (Å²) in [5, 5.41) is 2.79. The van der Waals surface area contributed by atoms with Crippen LogP contribution in [0.2, 0.25) is 0 Å². The number of anilines is 1. The molecule has 1 heterocycles. The van der Waals surface area contributed by atoms with E-state index in [2.05, 4.69) is 5.32 Å². The van der Waals surface area contributed by atoms with E-state index in [-0.39, 0.29) is 18.1 Å². The SMILES string of the molecule is CCCn1ccn(CC(=O)Nc2cccc(C)c2)c1=O. The summed E-state index contributed by atoms with van der Waals surface area (Å²) in [5.41, 5.74) is 1.68. The Morgan fingerprint density at radius 2 is 2.00 bits per heavy atom. The van der Waals surface area contributed by atoms with Gasteiger partial charge in [0.15, 0.2) is 0 Å². The molecule has 0 aliphatic heterocycles. The van der Waals surface area contributed by atoms with Crippen LogP contribution in [0.4, 0.5) is 5.69 Å². The number of amides is 1. The first kappa shape index (κ1) is 14.1. The number of rotatable bonds is 5. The maximum atomic E-state index is 11.9. The van der Waals surface area contributed by atoms with E-state index in [0.717, 1.165) is 17.7 Å². The van der Waals surface area contributed by atoms with Crippen LogP contribution in [0.5, 0.6) is 0 Å². The van der Waals surface area contributed by atoms with E-state index in [4.69, 9.17) is 0 Å². The molecule has 0 atom stereocenters. The Labute approximate surface area is 117 Å². The molecule has 5 nitrogen and oxygen atoms in total. The quantitative estimate of drug-likeness (QED) is 0.906. The van der Waals surface area contributed by atoms with Crippen molar-refractivity contribution in [1.29, 1.82) is 0 Å². The van der Waals surface area contributed by atoms with Crippen LogP contribution in [0.15, 0.2) is 41.5 Å². The van der Waals surface area contributed by atoms with Crippen molar-refractivity contribution < 1.29 is 4.79 Å². The van der Waals surface area contributed by atoms with Crippen molar-refractivity contribution in [2.24, 2.45) is 0 Å². The van der Waals surface area contributed by atoms with Crippen molar-refractivity contribution in [3.8, 4) is 0 Å². The highest BCUT2D eigenvalue weighted by atomic mass is 16.2. The van der Waals surface area contributed by atoms with E-state index in [9.17, 15) is 9.59 Å².